The zero-order valence-corrected chi connectivity index (χ0v) is 11.2. The normalized spacial score (nSPS) is 24.1. The van der Waals surface area contributed by atoms with Crippen LogP contribution in [0.25, 0.3) is 11.1 Å². The van der Waals surface area contributed by atoms with E-state index in [0.717, 1.165) is 6.42 Å². The van der Waals surface area contributed by atoms with Gasteiger partial charge in [-0.25, -0.2) is 4.98 Å². The molecule has 1 aromatic heterocycles. The van der Waals surface area contributed by atoms with Crippen molar-refractivity contribution in [3.8, 4) is 0 Å². The lowest BCUT2D eigenvalue weighted by Crippen LogP contribution is -2.38. The Bertz CT molecular complexity index is 687. The molecule has 104 valence electrons. The molecule has 0 bridgehead atoms. The number of piperidine rings is 1. The highest BCUT2D eigenvalue weighted by Gasteiger charge is 2.46. The SMILES string of the molecule is NC(=O)c1cccc2oc(C3CCCC4(CC4)N3)nc12. The topological polar surface area (TPSA) is 81.2 Å². The molecule has 2 aromatic rings. The number of fused-ring (bicyclic) bond motifs is 1. The number of carbonyl (C=O) groups excluding carboxylic acids is 1. The highest BCUT2D eigenvalue weighted by atomic mass is 16.3. The van der Waals surface area contributed by atoms with Crippen LogP contribution in [0.1, 0.15) is 54.4 Å². The summed E-state index contributed by atoms with van der Waals surface area (Å²) in [6, 6.07) is 5.44. The number of nitrogens with one attached hydrogen (secondary N) is 1. The van der Waals surface area contributed by atoms with E-state index in [-0.39, 0.29) is 6.04 Å². The number of hydrogen-bond donors (Lipinski definition) is 2. The molecule has 5 nitrogen and oxygen atoms in total. The second kappa shape index (κ2) is 4.06. The van der Waals surface area contributed by atoms with Crippen LogP contribution in [0.2, 0.25) is 0 Å². The summed E-state index contributed by atoms with van der Waals surface area (Å²) in [5, 5.41) is 3.66. The minimum absolute atomic E-state index is 0.152. The van der Waals surface area contributed by atoms with Crippen molar-refractivity contribution >= 4 is 17.0 Å². The molecule has 1 saturated heterocycles. The average Bonchev–Trinajstić information content (AvgIpc) is 3.04. The Balaban J connectivity index is 1.73. The van der Waals surface area contributed by atoms with Gasteiger partial charge in [0, 0.05) is 5.54 Å². The lowest BCUT2D eigenvalue weighted by Gasteiger charge is -2.29. The quantitative estimate of drug-likeness (QED) is 0.878. The molecule has 5 heteroatoms. The number of carbonyl (C=O) groups is 1. The van der Waals surface area contributed by atoms with Crippen molar-refractivity contribution in [3.05, 3.63) is 29.7 Å². The summed E-state index contributed by atoms with van der Waals surface area (Å²) >= 11 is 0. The van der Waals surface area contributed by atoms with Crippen LogP contribution in [-0.4, -0.2) is 16.4 Å². The Labute approximate surface area is 116 Å². The minimum atomic E-state index is -0.467. The number of nitrogens with zero attached hydrogens (tertiary/aromatic N) is 1. The monoisotopic (exact) mass is 271 g/mol. The first kappa shape index (κ1) is 11.9. The second-order valence-electron chi connectivity index (χ2n) is 5.94. The number of nitrogens with two attached hydrogens (primary N) is 1. The molecule has 1 unspecified atom stereocenters. The third-order valence-electron chi connectivity index (χ3n) is 4.48. The number of para-hydroxylation sites is 1. The van der Waals surface area contributed by atoms with E-state index in [4.69, 9.17) is 10.2 Å². The van der Waals surface area contributed by atoms with Crippen molar-refractivity contribution in [1.82, 2.24) is 10.3 Å². The van der Waals surface area contributed by atoms with Gasteiger partial charge in [-0.3, -0.25) is 4.79 Å². The van der Waals surface area contributed by atoms with Crippen molar-refractivity contribution in [2.75, 3.05) is 0 Å². The zero-order chi connectivity index (χ0) is 13.7. The van der Waals surface area contributed by atoms with Crippen LogP contribution in [0.4, 0.5) is 0 Å². The summed E-state index contributed by atoms with van der Waals surface area (Å²) in [4.78, 5) is 16.0. The number of primary amides is 1. The van der Waals surface area contributed by atoms with Gasteiger partial charge in [0.15, 0.2) is 5.58 Å². The van der Waals surface area contributed by atoms with Gasteiger partial charge in [-0.05, 0) is 44.2 Å². The highest BCUT2D eigenvalue weighted by molar-refractivity contribution is 6.03. The molecule has 1 aliphatic heterocycles. The molecule has 1 atom stereocenters. The number of aromatic nitrogens is 1. The molecule has 2 fully saturated rings. The van der Waals surface area contributed by atoms with Crippen LogP contribution in [0.5, 0.6) is 0 Å². The maximum atomic E-state index is 11.4. The van der Waals surface area contributed by atoms with Gasteiger partial charge < -0.3 is 15.5 Å². The highest BCUT2D eigenvalue weighted by Crippen LogP contribution is 2.46. The smallest absolute Gasteiger partial charge is 0.251 e. The van der Waals surface area contributed by atoms with Crippen LogP contribution in [0.3, 0.4) is 0 Å². The van der Waals surface area contributed by atoms with E-state index < -0.39 is 5.91 Å². The van der Waals surface area contributed by atoms with Crippen molar-refractivity contribution in [1.29, 1.82) is 0 Å². The maximum Gasteiger partial charge on any atom is 0.251 e. The Morgan fingerprint density at radius 2 is 2.25 bits per heavy atom. The van der Waals surface area contributed by atoms with Gasteiger partial charge >= 0.3 is 0 Å². The largest absolute Gasteiger partial charge is 0.439 e. The van der Waals surface area contributed by atoms with E-state index in [0.29, 0.717) is 28.1 Å². The predicted octanol–water partition coefficient (Wildman–Crippen LogP) is 2.27. The lowest BCUT2D eigenvalue weighted by atomic mass is 9.97. The minimum Gasteiger partial charge on any atom is -0.439 e. The summed E-state index contributed by atoms with van der Waals surface area (Å²) in [7, 11) is 0. The van der Waals surface area contributed by atoms with Gasteiger partial charge in [0.1, 0.15) is 5.52 Å². The second-order valence-corrected chi connectivity index (χ2v) is 5.94. The van der Waals surface area contributed by atoms with E-state index in [2.05, 4.69) is 10.3 Å². The predicted molar refractivity (Wildman–Crippen MR) is 74.2 cm³/mol. The van der Waals surface area contributed by atoms with Crippen molar-refractivity contribution in [2.45, 2.75) is 43.7 Å². The molecule has 1 amide bonds. The van der Waals surface area contributed by atoms with Crippen molar-refractivity contribution in [2.24, 2.45) is 5.73 Å². The molecule has 1 saturated carbocycles. The molecule has 2 aliphatic rings. The summed E-state index contributed by atoms with van der Waals surface area (Å²) in [5.41, 5.74) is 7.35. The summed E-state index contributed by atoms with van der Waals surface area (Å²) < 4.78 is 5.84. The van der Waals surface area contributed by atoms with Gasteiger partial charge in [-0.15, -0.1) is 0 Å². The molecule has 4 rings (SSSR count). The Kier molecular flexibility index (Phi) is 2.41. The first-order chi connectivity index (χ1) is 9.67. The van der Waals surface area contributed by atoms with E-state index in [1.807, 2.05) is 6.07 Å². The number of amides is 1. The first-order valence-electron chi connectivity index (χ1n) is 7.14. The van der Waals surface area contributed by atoms with Gasteiger partial charge in [-0.2, -0.15) is 0 Å². The third kappa shape index (κ3) is 1.81. The van der Waals surface area contributed by atoms with Crippen LogP contribution >= 0.6 is 0 Å². The number of benzene rings is 1. The van der Waals surface area contributed by atoms with E-state index in [1.165, 1.54) is 25.7 Å². The van der Waals surface area contributed by atoms with Crippen LogP contribution in [-0.2, 0) is 0 Å². The van der Waals surface area contributed by atoms with Gasteiger partial charge in [0.25, 0.3) is 5.91 Å². The summed E-state index contributed by atoms with van der Waals surface area (Å²) in [5.74, 6) is 0.213. The molecule has 1 aromatic carbocycles. The fourth-order valence-electron chi connectivity index (χ4n) is 3.20. The Morgan fingerprint density at radius 1 is 1.40 bits per heavy atom. The molecule has 1 spiro atoms. The van der Waals surface area contributed by atoms with Crippen molar-refractivity contribution < 1.29 is 9.21 Å². The molecule has 3 N–H and O–H groups in total. The molecular weight excluding hydrogens is 254 g/mol. The van der Waals surface area contributed by atoms with E-state index >= 15 is 0 Å². The van der Waals surface area contributed by atoms with Crippen LogP contribution < -0.4 is 11.1 Å². The first-order valence-corrected chi connectivity index (χ1v) is 7.14. The summed E-state index contributed by atoms with van der Waals surface area (Å²) in [6.07, 6.45) is 5.96. The van der Waals surface area contributed by atoms with E-state index in [9.17, 15) is 4.79 Å². The van der Waals surface area contributed by atoms with Gasteiger partial charge in [0.2, 0.25) is 5.89 Å². The molecule has 1 aliphatic carbocycles. The number of rotatable bonds is 2. The van der Waals surface area contributed by atoms with Crippen molar-refractivity contribution in [3.63, 3.8) is 0 Å². The number of hydrogen-bond acceptors (Lipinski definition) is 4. The molecular formula is C15H17N3O2. The van der Waals surface area contributed by atoms with Crippen LogP contribution in [0, 0.1) is 0 Å². The fourth-order valence-corrected chi connectivity index (χ4v) is 3.20. The Morgan fingerprint density at radius 3 is 3.00 bits per heavy atom. The Hall–Kier alpha value is -1.88. The standard InChI is InChI=1S/C15H17N3O2/c16-13(19)9-3-1-5-11-12(9)17-14(20-11)10-4-2-6-15(18-10)7-8-15/h1,3,5,10,18H,2,4,6-8H2,(H2,16,19). The fraction of sp³-hybridized carbons (Fsp3) is 0.467. The third-order valence-corrected chi connectivity index (χ3v) is 4.48. The zero-order valence-electron chi connectivity index (χ0n) is 11.2. The van der Waals surface area contributed by atoms with Gasteiger partial charge in [-0.1, -0.05) is 6.07 Å². The molecule has 0 radical (unpaired) electrons. The number of oxazole rings is 1. The molecule has 20 heavy (non-hydrogen) atoms. The van der Waals surface area contributed by atoms with Crippen LogP contribution in [0.15, 0.2) is 22.6 Å². The lowest BCUT2D eigenvalue weighted by molar-refractivity contribution is 0.100. The summed E-state index contributed by atoms with van der Waals surface area (Å²) in [6.45, 7) is 0. The van der Waals surface area contributed by atoms with Gasteiger partial charge in [0.05, 0.1) is 11.6 Å². The van der Waals surface area contributed by atoms with E-state index in [1.54, 1.807) is 12.1 Å². The maximum absolute atomic E-state index is 11.4. The average molecular weight is 271 g/mol. The molecule has 2 heterocycles.